The standard InChI is InChI=1S/C55H38N2/c1-3-15-41(16-4-1)55(51-23-11-7-19-47(51)48-20-8-12-24-52(48)55)42-31-37-45(38-32-42)56(43-17-5-2-6-18-43)44-33-27-39(28-34-44)40-29-35-46(36-30-40)57-53-25-13-9-21-49(53)50-22-10-14-26-54(50)57/h1-38H. The number of anilines is 3. The van der Waals surface area contributed by atoms with Gasteiger partial charge < -0.3 is 9.47 Å². The van der Waals surface area contributed by atoms with Gasteiger partial charge in [0.15, 0.2) is 0 Å². The van der Waals surface area contributed by atoms with Crippen molar-refractivity contribution in [2.75, 3.05) is 4.90 Å². The Labute approximate surface area is 333 Å². The molecule has 0 spiro atoms. The van der Waals surface area contributed by atoms with Crippen molar-refractivity contribution >= 4 is 38.9 Å². The Kier molecular flexibility index (Phi) is 7.75. The van der Waals surface area contributed by atoms with Crippen LogP contribution in [0, 0.1) is 0 Å². The molecule has 57 heavy (non-hydrogen) atoms. The summed E-state index contributed by atoms with van der Waals surface area (Å²) in [5.74, 6) is 0. The molecule has 1 heterocycles. The number of benzene rings is 9. The topological polar surface area (TPSA) is 8.17 Å². The Balaban J connectivity index is 0.965. The molecule has 0 atom stereocenters. The van der Waals surface area contributed by atoms with Gasteiger partial charge in [-0.15, -0.1) is 0 Å². The maximum atomic E-state index is 2.37. The van der Waals surface area contributed by atoms with Crippen LogP contribution in [-0.2, 0) is 5.41 Å². The van der Waals surface area contributed by atoms with Gasteiger partial charge >= 0.3 is 0 Å². The summed E-state index contributed by atoms with van der Waals surface area (Å²) < 4.78 is 2.37. The van der Waals surface area contributed by atoms with E-state index in [1.807, 2.05) is 0 Å². The number of hydrogen-bond donors (Lipinski definition) is 0. The van der Waals surface area contributed by atoms with Crippen molar-refractivity contribution in [3.8, 4) is 27.9 Å². The number of nitrogens with zero attached hydrogens (tertiary/aromatic N) is 2. The summed E-state index contributed by atoms with van der Waals surface area (Å²) >= 11 is 0. The molecule has 0 radical (unpaired) electrons. The average Bonchev–Trinajstić information content (AvgIpc) is 3.79. The summed E-state index contributed by atoms with van der Waals surface area (Å²) in [5, 5.41) is 2.55. The van der Waals surface area contributed by atoms with E-state index in [-0.39, 0.29) is 0 Å². The summed E-state index contributed by atoms with van der Waals surface area (Å²) in [6.07, 6.45) is 0. The SMILES string of the molecule is c1ccc(N(c2ccc(-c3ccc(-n4c5ccccc5c5ccccc54)cc3)cc2)c2ccc(C3(c4ccccc4)c4ccccc4-c4ccccc43)cc2)cc1. The third-order valence-electron chi connectivity index (χ3n) is 11.9. The lowest BCUT2D eigenvalue weighted by atomic mass is 9.68. The molecule has 0 N–H and O–H groups in total. The largest absolute Gasteiger partial charge is 0.311 e. The summed E-state index contributed by atoms with van der Waals surface area (Å²) in [4.78, 5) is 2.35. The van der Waals surface area contributed by atoms with E-state index in [1.165, 1.54) is 66.3 Å². The Morgan fingerprint density at radius 3 is 1.28 bits per heavy atom. The molecule has 0 saturated carbocycles. The van der Waals surface area contributed by atoms with E-state index in [0.717, 1.165) is 22.7 Å². The smallest absolute Gasteiger partial charge is 0.0713 e. The first-order valence-electron chi connectivity index (χ1n) is 19.7. The van der Waals surface area contributed by atoms with Crippen molar-refractivity contribution in [3.05, 3.63) is 253 Å². The lowest BCUT2D eigenvalue weighted by Crippen LogP contribution is -2.28. The number of rotatable bonds is 7. The highest BCUT2D eigenvalue weighted by atomic mass is 15.1. The molecule has 0 unspecified atom stereocenters. The molecule has 1 aromatic heterocycles. The van der Waals surface area contributed by atoms with Gasteiger partial charge in [0.25, 0.3) is 0 Å². The Bertz CT molecular complexity index is 2930. The van der Waals surface area contributed by atoms with Crippen molar-refractivity contribution in [1.29, 1.82) is 0 Å². The van der Waals surface area contributed by atoms with Gasteiger partial charge in [-0.2, -0.15) is 0 Å². The summed E-state index contributed by atoms with van der Waals surface area (Å²) in [5.41, 5.74) is 16.6. The van der Waals surface area contributed by atoms with Crippen LogP contribution in [0.1, 0.15) is 22.3 Å². The third-order valence-corrected chi connectivity index (χ3v) is 11.9. The summed E-state index contributed by atoms with van der Waals surface area (Å²) in [6, 6.07) is 84.0. The van der Waals surface area contributed by atoms with Crippen molar-refractivity contribution < 1.29 is 0 Å². The molecule has 2 heteroatoms. The third kappa shape index (κ3) is 5.18. The molecule has 0 amide bonds. The molecule has 1 aliphatic rings. The molecular weight excluding hydrogens is 689 g/mol. The molecule has 9 aromatic carbocycles. The van der Waals surface area contributed by atoms with Gasteiger partial charge in [0.1, 0.15) is 0 Å². The number of aromatic nitrogens is 1. The molecule has 10 aromatic rings. The Morgan fingerprint density at radius 2 is 0.719 bits per heavy atom. The monoisotopic (exact) mass is 726 g/mol. The van der Waals surface area contributed by atoms with Crippen molar-refractivity contribution in [1.82, 2.24) is 4.57 Å². The number of hydrogen-bond acceptors (Lipinski definition) is 1. The minimum Gasteiger partial charge on any atom is -0.311 e. The summed E-state index contributed by atoms with van der Waals surface area (Å²) in [7, 11) is 0. The molecule has 0 fully saturated rings. The number of fused-ring (bicyclic) bond motifs is 6. The van der Waals surface area contributed by atoms with Crippen LogP contribution >= 0.6 is 0 Å². The van der Waals surface area contributed by atoms with Gasteiger partial charge in [-0.3, -0.25) is 0 Å². The Morgan fingerprint density at radius 1 is 0.316 bits per heavy atom. The predicted octanol–water partition coefficient (Wildman–Crippen LogP) is 14.3. The van der Waals surface area contributed by atoms with E-state index in [9.17, 15) is 0 Å². The zero-order chi connectivity index (χ0) is 37.8. The first-order valence-corrected chi connectivity index (χ1v) is 19.7. The van der Waals surface area contributed by atoms with Gasteiger partial charge in [0.2, 0.25) is 0 Å². The van der Waals surface area contributed by atoms with E-state index in [4.69, 9.17) is 0 Å². The van der Waals surface area contributed by atoms with Crippen LogP contribution < -0.4 is 4.90 Å². The lowest BCUT2D eigenvalue weighted by molar-refractivity contribution is 0.768. The van der Waals surface area contributed by atoms with Gasteiger partial charge in [0, 0.05) is 33.5 Å². The van der Waals surface area contributed by atoms with E-state index in [2.05, 4.69) is 240 Å². The zero-order valence-corrected chi connectivity index (χ0v) is 31.3. The lowest BCUT2D eigenvalue weighted by Gasteiger charge is -2.34. The first kappa shape index (κ1) is 33.0. The maximum Gasteiger partial charge on any atom is 0.0713 e. The van der Waals surface area contributed by atoms with E-state index in [1.54, 1.807) is 0 Å². The van der Waals surface area contributed by atoms with Crippen LogP contribution in [0.2, 0.25) is 0 Å². The minimum atomic E-state index is -0.427. The van der Waals surface area contributed by atoms with Crippen LogP contribution in [0.25, 0.3) is 49.7 Å². The predicted molar refractivity (Wildman–Crippen MR) is 238 cm³/mol. The average molecular weight is 727 g/mol. The van der Waals surface area contributed by atoms with Gasteiger partial charge in [0.05, 0.1) is 16.4 Å². The zero-order valence-electron chi connectivity index (χ0n) is 31.3. The molecular formula is C55H38N2. The highest BCUT2D eigenvalue weighted by Gasteiger charge is 2.45. The van der Waals surface area contributed by atoms with Crippen LogP contribution in [0.4, 0.5) is 17.1 Å². The normalized spacial score (nSPS) is 12.7. The van der Waals surface area contributed by atoms with Crippen LogP contribution in [0.3, 0.4) is 0 Å². The van der Waals surface area contributed by atoms with Crippen LogP contribution in [0.15, 0.2) is 231 Å². The molecule has 0 bridgehead atoms. The maximum absolute atomic E-state index is 2.37. The second kappa shape index (κ2) is 13.4. The number of para-hydroxylation sites is 3. The summed E-state index contributed by atoms with van der Waals surface area (Å²) in [6.45, 7) is 0. The van der Waals surface area contributed by atoms with Gasteiger partial charge in [-0.05, 0) is 105 Å². The Hall–Kier alpha value is -7.42. The van der Waals surface area contributed by atoms with Gasteiger partial charge in [-0.25, -0.2) is 0 Å². The molecule has 11 rings (SSSR count). The fraction of sp³-hybridized carbons (Fsp3) is 0.0182. The second-order valence-electron chi connectivity index (χ2n) is 14.9. The van der Waals surface area contributed by atoms with Crippen LogP contribution in [0.5, 0.6) is 0 Å². The van der Waals surface area contributed by atoms with Gasteiger partial charge in [-0.1, -0.05) is 170 Å². The molecule has 0 aliphatic heterocycles. The molecule has 268 valence electrons. The van der Waals surface area contributed by atoms with E-state index in [0.29, 0.717) is 0 Å². The highest BCUT2D eigenvalue weighted by molar-refractivity contribution is 6.09. The van der Waals surface area contributed by atoms with Crippen molar-refractivity contribution in [3.63, 3.8) is 0 Å². The first-order chi connectivity index (χ1) is 28.3. The van der Waals surface area contributed by atoms with E-state index >= 15 is 0 Å². The van der Waals surface area contributed by atoms with E-state index < -0.39 is 5.41 Å². The quantitative estimate of drug-likeness (QED) is 0.159. The fourth-order valence-corrected chi connectivity index (χ4v) is 9.40. The van der Waals surface area contributed by atoms with Crippen LogP contribution in [-0.4, -0.2) is 4.57 Å². The fourth-order valence-electron chi connectivity index (χ4n) is 9.40. The highest BCUT2D eigenvalue weighted by Crippen LogP contribution is 2.56. The van der Waals surface area contributed by atoms with Crippen molar-refractivity contribution in [2.24, 2.45) is 0 Å². The molecule has 0 saturated heterocycles. The second-order valence-corrected chi connectivity index (χ2v) is 14.9. The van der Waals surface area contributed by atoms with Crippen molar-refractivity contribution in [2.45, 2.75) is 5.41 Å². The molecule has 2 nitrogen and oxygen atoms in total. The molecule has 1 aliphatic carbocycles. The minimum absolute atomic E-state index is 0.427.